The van der Waals surface area contributed by atoms with Crippen molar-refractivity contribution in [2.45, 2.75) is 50.2 Å². The van der Waals surface area contributed by atoms with E-state index < -0.39 is 0 Å². The molecule has 0 saturated heterocycles. The summed E-state index contributed by atoms with van der Waals surface area (Å²) < 4.78 is 8.69. The van der Waals surface area contributed by atoms with Crippen molar-refractivity contribution in [2.24, 2.45) is 12.8 Å². The first-order valence-electron chi connectivity index (χ1n) is 6.59. The van der Waals surface area contributed by atoms with Gasteiger partial charge >= 0.3 is 0 Å². The van der Waals surface area contributed by atoms with Crippen LogP contribution in [0.15, 0.2) is 10.7 Å². The fourth-order valence-electron chi connectivity index (χ4n) is 2.99. The molecular formula is C13H22BrN3O. The van der Waals surface area contributed by atoms with Crippen LogP contribution in [-0.2, 0) is 11.8 Å². The maximum Gasteiger partial charge on any atom is 0.0886 e. The predicted molar refractivity (Wildman–Crippen MR) is 75.3 cm³/mol. The van der Waals surface area contributed by atoms with Crippen molar-refractivity contribution in [2.75, 3.05) is 7.11 Å². The number of halogens is 1. The number of aromatic nitrogens is 2. The first-order chi connectivity index (χ1) is 8.60. The molecule has 1 aromatic heterocycles. The van der Waals surface area contributed by atoms with Gasteiger partial charge in [-0.15, -0.1) is 0 Å². The molecule has 1 aliphatic rings. The Hall–Kier alpha value is -0.390. The molecule has 1 fully saturated rings. The number of methoxy groups -OCH3 is 1. The molecule has 1 aliphatic carbocycles. The molecule has 2 rings (SSSR count). The van der Waals surface area contributed by atoms with Gasteiger partial charge in [-0.2, -0.15) is 5.10 Å². The van der Waals surface area contributed by atoms with Gasteiger partial charge in [0.2, 0.25) is 0 Å². The second kappa shape index (κ2) is 5.72. The molecule has 18 heavy (non-hydrogen) atoms. The van der Waals surface area contributed by atoms with Crippen LogP contribution in [0.25, 0.3) is 0 Å². The van der Waals surface area contributed by atoms with Gasteiger partial charge in [0.1, 0.15) is 0 Å². The molecular weight excluding hydrogens is 294 g/mol. The zero-order chi connectivity index (χ0) is 13.2. The minimum Gasteiger partial charge on any atom is -0.376 e. The van der Waals surface area contributed by atoms with E-state index in [-0.39, 0.29) is 11.6 Å². The van der Waals surface area contributed by atoms with Crippen molar-refractivity contribution in [3.05, 3.63) is 16.4 Å². The van der Waals surface area contributed by atoms with Crippen LogP contribution in [0.3, 0.4) is 0 Å². The molecule has 5 heteroatoms. The van der Waals surface area contributed by atoms with Gasteiger partial charge < -0.3 is 10.5 Å². The topological polar surface area (TPSA) is 53.1 Å². The number of nitrogens with two attached hydrogens (primary N) is 1. The molecule has 0 spiro atoms. The summed E-state index contributed by atoms with van der Waals surface area (Å²) in [5, 5.41) is 4.26. The van der Waals surface area contributed by atoms with Crippen LogP contribution in [0.2, 0.25) is 0 Å². The first-order valence-corrected chi connectivity index (χ1v) is 7.38. The van der Waals surface area contributed by atoms with Gasteiger partial charge in [0, 0.05) is 14.2 Å². The fraction of sp³-hybridized carbons (Fsp3) is 0.769. The van der Waals surface area contributed by atoms with Gasteiger partial charge in [0.05, 0.1) is 28.0 Å². The highest BCUT2D eigenvalue weighted by Gasteiger charge is 2.40. The van der Waals surface area contributed by atoms with E-state index in [9.17, 15) is 0 Å². The van der Waals surface area contributed by atoms with Gasteiger partial charge in [0.15, 0.2) is 0 Å². The minimum atomic E-state index is -0.243. The third-order valence-electron chi connectivity index (χ3n) is 4.16. The lowest BCUT2D eigenvalue weighted by atomic mass is 9.85. The van der Waals surface area contributed by atoms with Gasteiger partial charge in [-0.05, 0) is 28.8 Å². The number of nitrogens with zero attached hydrogens (tertiary/aromatic N) is 2. The molecule has 1 aromatic rings. The lowest BCUT2D eigenvalue weighted by molar-refractivity contribution is -0.0461. The summed E-state index contributed by atoms with van der Waals surface area (Å²) in [5.74, 6) is 0. The third-order valence-corrected chi connectivity index (χ3v) is 4.77. The van der Waals surface area contributed by atoms with E-state index in [2.05, 4.69) is 21.0 Å². The van der Waals surface area contributed by atoms with Crippen molar-refractivity contribution in [1.82, 2.24) is 9.78 Å². The van der Waals surface area contributed by atoms with E-state index in [4.69, 9.17) is 10.5 Å². The highest BCUT2D eigenvalue weighted by molar-refractivity contribution is 9.10. The molecule has 0 aliphatic heterocycles. The smallest absolute Gasteiger partial charge is 0.0886 e. The minimum absolute atomic E-state index is 0.137. The van der Waals surface area contributed by atoms with E-state index in [1.807, 2.05) is 11.7 Å². The Labute approximate surface area is 117 Å². The zero-order valence-corrected chi connectivity index (χ0v) is 12.7. The maximum absolute atomic E-state index is 6.51. The van der Waals surface area contributed by atoms with Gasteiger partial charge in [-0.3, -0.25) is 4.68 Å². The molecule has 1 saturated carbocycles. The average Bonchev–Trinajstić information content (AvgIpc) is 2.59. The summed E-state index contributed by atoms with van der Waals surface area (Å²) >= 11 is 3.54. The summed E-state index contributed by atoms with van der Waals surface area (Å²) in [6.45, 7) is 0. The van der Waals surface area contributed by atoms with Crippen LogP contribution < -0.4 is 5.73 Å². The van der Waals surface area contributed by atoms with Crippen molar-refractivity contribution in [3.63, 3.8) is 0 Å². The molecule has 0 bridgehead atoms. The van der Waals surface area contributed by atoms with Crippen LogP contribution in [0, 0.1) is 0 Å². The molecule has 1 atom stereocenters. The van der Waals surface area contributed by atoms with Gasteiger partial charge in [-0.1, -0.05) is 25.7 Å². The highest BCUT2D eigenvalue weighted by Crippen LogP contribution is 2.40. The maximum atomic E-state index is 6.51. The van der Waals surface area contributed by atoms with E-state index in [0.29, 0.717) is 0 Å². The molecule has 0 radical (unpaired) electrons. The number of ether oxygens (including phenoxy) is 1. The zero-order valence-electron chi connectivity index (χ0n) is 11.2. The Morgan fingerprint density at radius 2 is 2.00 bits per heavy atom. The Morgan fingerprint density at radius 1 is 1.39 bits per heavy atom. The molecule has 4 nitrogen and oxygen atoms in total. The second-order valence-electron chi connectivity index (χ2n) is 5.16. The Bertz CT molecular complexity index is 377. The van der Waals surface area contributed by atoms with Crippen LogP contribution in [0.5, 0.6) is 0 Å². The van der Waals surface area contributed by atoms with Crippen LogP contribution >= 0.6 is 15.9 Å². The lowest BCUT2D eigenvalue weighted by Gasteiger charge is -2.37. The Morgan fingerprint density at radius 3 is 2.44 bits per heavy atom. The second-order valence-corrected chi connectivity index (χ2v) is 6.02. The lowest BCUT2D eigenvalue weighted by Crippen LogP contribution is -2.43. The van der Waals surface area contributed by atoms with E-state index in [0.717, 1.165) is 23.0 Å². The van der Waals surface area contributed by atoms with Crippen molar-refractivity contribution < 1.29 is 4.74 Å². The highest BCUT2D eigenvalue weighted by atomic mass is 79.9. The summed E-state index contributed by atoms with van der Waals surface area (Å²) in [4.78, 5) is 0. The largest absolute Gasteiger partial charge is 0.376 e. The molecule has 0 amide bonds. The summed E-state index contributed by atoms with van der Waals surface area (Å²) in [6, 6.07) is -0.137. The number of aryl methyl sites for hydroxylation is 1. The van der Waals surface area contributed by atoms with Crippen LogP contribution in [0.4, 0.5) is 0 Å². The average molecular weight is 316 g/mol. The van der Waals surface area contributed by atoms with E-state index in [1.54, 1.807) is 13.3 Å². The molecule has 102 valence electrons. The number of hydrogen-bond acceptors (Lipinski definition) is 3. The summed E-state index contributed by atoms with van der Waals surface area (Å²) in [5.41, 5.74) is 7.30. The Balaban J connectivity index is 2.31. The Kier molecular flexibility index (Phi) is 4.45. The third kappa shape index (κ3) is 2.49. The van der Waals surface area contributed by atoms with Crippen molar-refractivity contribution >= 4 is 15.9 Å². The van der Waals surface area contributed by atoms with E-state index in [1.165, 1.54) is 25.7 Å². The number of rotatable bonds is 3. The number of hydrogen-bond donors (Lipinski definition) is 1. The molecule has 2 N–H and O–H groups in total. The fourth-order valence-corrected chi connectivity index (χ4v) is 3.58. The molecule has 1 heterocycles. The summed E-state index contributed by atoms with van der Waals surface area (Å²) in [6.07, 6.45) is 8.81. The molecule has 0 aromatic carbocycles. The van der Waals surface area contributed by atoms with Crippen molar-refractivity contribution in [1.29, 1.82) is 0 Å². The van der Waals surface area contributed by atoms with Gasteiger partial charge in [0.25, 0.3) is 0 Å². The van der Waals surface area contributed by atoms with Crippen molar-refractivity contribution in [3.8, 4) is 0 Å². The van der Waals surface area contributed by atoms with E-state index >= 15 is 0 Å². The van der Waals surface area contributed by atoms with Crippen LogP contribution in [0.1, 0.15) is 50.3 Å². The SMILES string of the molecule is COC1(C(N)c2c(Br)cnn2C)CCCCCC1. The standard InChI is InChI=1S/C13H22BrN3O/c1-17-11(10(14)9-16-17)12(15)13(18-2)7-5-3-4-6-8-13/h9,12H,3-8,15H2,1-2H3. The van der Waals surface area contributed by atoms with Gasteiger partial charge in [-0.25, -0.2) is 0 Å². The first kappa shape index (κ1) is 14.0. The monoisotopic (exact) mass is 315 g/mol. The normalized spacial score (nSPS) is 21.6. The predicted octanol–water partition coefficient (Wildman–Crippen LogP) is 2.92. The van der Waals surface area contributed by atoms with Crippen LogP contribution in [-0.4, -0.2) is 22.5 Å². The summed E-state index contributed by atoms with van der Waals surface area (Å²) in [7, 11) is 3.72. The quantitative estimate of drug-likeness (QED) is 0.872. The molecule has 1 unspecified atom stereocenters.